The molecule has 0 aromatic heterocycles. The van der Waals surface area contributed by atoms with Crippen LogP contribution in [0.2, 0.25) is 0 Å². The molecular weight excluding hydrogens is 350 g/mol. The highest BCUT2D eigenvalue weighted by Crippen LogP contribution is 2.27. The largest absolute Gasteiger partial charge is 0.485 e. The summed E-state index contributed by atoms with van der Waals surface area (Å²) in [7, 11) is 1.70. The van der Waals surface area contributed by atoms with Crippen LogP contribution in [0.25, 0.3) is 0 Å². The second kappa shape index (κ2) is 9.60. The maximum absolute atomic E-state index is 12.3. The van der Waals surface area contributed by atoms with Crippen LogP contribution in [0.5, 0.6) is 5.75 Å². The molecule has 0 heterocycles. The first-order valence-corrected chi connectivity index (χ1v) is 9.38. The molecule has 28 heavy (non-hydrogen) atoms. The van der Waals surface area contributed by atoms with Crippen molar-refractivity contribution in [1.29, 1.82) is 0 Å². The average Bonchev–Trinajstić information content (AvgIpc) is 2.75. The Kier molecular flexibility index (Phi) is 6.68. The third-order valence-electron chi connectivity index (χ3n) is 4.56. The molecule has 0 radical (unpaired) electrons. The monoisotopic (exact) mass is 375 g/mol. The predicted octanol–water partition coefficient (Wildman–Crippen LogP) is 5.78. The zero-order valence-electron chi connectivity index (χ0n) is 16.2. The van der Waals surface area contributed by atoms with Gasteiger partial charge in [0.05, 0.1) is 6.61 Å². The lowest BCUT2D eigenvalue weighted by molar-refractivity contribution is 0.121. The molecule has 0 aliphatic rings. The Bertz CT molecular complexity index is 881. The van der Waals surface area contributed by atoms with Crippen molar-refractivity contribution in [2.45, 2.75) is 19.4 Å². The average molecular weight is 375 g/mol. The van der Waals surface area contributed by atoms with Gasteiger partial charge >= 0.3 is 6.09 Å². The Labute approximate surface area is 166 Å². The number of carbonyl (C=O) groups excluding carboxylic acids is 1. The fourth-order valence-electron chi connectivity index (χ4n) is 2.91. The van der Waals surface area contributed by atoms with E-state index in [0.717, 1.165) is 22.6 Å². The molecule has 4 nitrogen and oxygen atoms in total. The van der Waals surface area contributed by atoms with E-state index in [-0.39, 0.29) is 18.8 Å². The summed E-state index contributed by atoms with van der Waals surface area (Å²) in [6.45, 7) is 2.29. The van der Waals surface area contributed by atoms with Gasteiger partial charge in [0.2, 0.25) is 0 Å². The summed E-state index contributed by atoms with van der Waals surface area (Å²) >= 11 is 0. The van der Waals surface area contributed by atoms with E-state index in [9.17, 15) is 4.79 Å². The maximum Gasteiger partial charge on any atom is 0.414 e. The number of rotatable bonds is 7. The quantitative estimate of drug-likeness (QED) is 0.525. The molecule has 1 amide bonds. The fourth-order valence-corrected chi connectivity index (χ4v) is 2.91. The van der Waals surface area contributed by atoms with Crippen molar-refractivity contribution < 1.29 is 14.3 Å². The minimum atomic E-state index is -0.381. The molecule has 0 fully saturated rings. The predicted molar refractivity (Wildman–Crippen MR) is 112 cm³/mol. The van der Waals surface area contributed by atoms with Crippen LogP contribution < -0.4 is 9.64 Å². The van der Waals surface area contributed by atoms with E-state index in [1.165, 1.54) is 4.90 Å². The van der Waals surface area contributed by atoms with Crippen LogP contribution in [0.4, 0.5) is 10.5 Å². The van der Waals surface area contributed by atoms with Gasteiger partial charge in [0.1, 0.15) is 11.9 Å². The smallest absolute Gasteiger partial charge is 0.414 e. The first-order valence-electron chi connectivity index (χ1n) is 9.38. The Morgan fingerprint density at radius 1 is 0.893 bits per heavy atom. The van der Waals surface area contributed by atoms with E-state index in [1.54, 1.807) is 7.05 Å². The van der Waals surface area contributed by atoms with Crippen molar-refractivity contribution >= 4 is 11.8 Å². The third kappa shape index (κ3) is 5.13. The fraction of sp³-hybridized carbons (Fsp3) is 0.208. The van der Waals surface area contributed by atoms with Gasteiger partial charge in [-0.05, 0) is 36.2 Å². The molecule has 0 spiro atoms. The highest BCUT2D eigenvalue weighted by Gasteiger charge is 2.17. The van der Waals surface area contributed by atoms with Crippen LogP contribution in [0.3, 0.4) is 0 Å². The van der Waals surface area contributed by atoms with Gasteiger partial charge in [-0.2, -0.15) is 0 Å². The van der Waals surface area contributed by atoms with E-state index in [4.69, 9.17) is 9.47 Å². The SMILES string of the molecule is Cc1ccccc1OC(CCOC(=O)N(C)c1ccccc1)c1ccccc1. The van der Waals surface area contributed by atoms with Gasteiger partial charge in [-0.15, -0.1) is 0 Å². The van der Waals surface area contributed by atoms with Gasteiger partial charge in [0.15, 0.2) is 0 Å². The maximum atomic E-state index is 12.3. The molecule has 0 N–H and O–H groups in total. The Morgan fingerprint density at radius 3 is 2.18 bits per heavy atom. The molecule has 0 aliphatic heterocycles. The van der Waals surface area contributed by atoms with E-state index in [1.807, 2.05) is 91.9 Å². The van der Waals surface area contributed by atoms with Crippen LogP contribution >= 0.6 is 0 Å². The number of anilines is 1. The number of amides is 1. The Balaban J connectivity index is 1.63. The number of nitrogens with zero attached hydrogens (tertiary/aromatic N) is 1. The van der Waals surface area contributed by atoms with Crippen molar-refractivity contribution in [2.24, 2.45) is 0 Å². The minimum absolute atomic E-state index is 0.197. The second-order valence-corrected chi connectivity index (χ2v) is 6.58. The highest BCUT2D eigenvalue weighted by atomic mass is 16.6. The third-order valence-corrected chi connectivity index (χ3v) is 4.56. The summed E-state index contributed by atoms with van der Waals surface area (Å²) in [6.07, 6.45) is -0.0155. The Hall–Kier alpha value is -3.27. The molecule has 3 aromatic carbocycles. The van der Waals surface area contributed by atoms with Crippen molar-refractivity contribution in [3.8, 4) is 5.75 Å². The zero-order chi connectivity index (χ0) is 19.8. The van der Waals surface area contributed by atoms with E-state index >= 15 is 0 Å². The lowest BCUT2D eigenvalue weighted by Crippen LogP contribution is -2.27. The second-order valence-electron chi connectivity index (χ2n) is 6.58. The standard InChI is InChI=1S/C24H25NO3/c1-19-11-9-10-16-22(19)28-23(20-12-5-3-6-13-20)17-18-27-24(26)25(2)21-14-7-4-8-15-21/h3-16,23H,17-18H2,1-2H3. The van der Waals surface area contributed by atoms with Crippen molar-refractivity contribution in [2.75, 3.05) is 18.6 Å². The van der Waals surface area contributed by atoms with Crippen LogP contribution in [0, 0.1) is 6.92 Å². The molecule has 144 valence electrons. The summed E-state index contributed by atoms with van der Waals surface area (Å²) in [5, 5.41) is 0. The van der Waals surface area contributed by atoms with Gasteiger partial charge in [-0.1, -0.05) is 66.7 Å². The number of benzene rings is 3. The van der Waals surface area contributed by atoms with Crippen LogP contribution in [0.1, 0.15) is 23.7 Å². The summed E-state index contributed by atoms with van der Waals surface area (Å²) in [5.41, 5.74) is 2.92. The lowest BCUT2D eigenvalue weighted by atomic mass is 10.1. The lowest BCUT2D eigenvalue weighted by Gasteiger charge is -2.22. The minimum Gasteiger partial charge on any atom is -0.485 e. The molecule has 1 unspecified atom stereocenters. The molecule has 3 aromatic rings. The van der Waals surface area contributed by atoms with Crippen LogP contribution in [-0.4, -0.2) is 19.7 Å². The topological polar surface area (TPSA) is 38.8 Å². The number of hydrogen-bond donors (Lipinski definition) is 0. The van der Waals surface area contributed by atoms with Gasteiger partial charge in [0.25, 0.3) is 0 Å². The Morgan fingerprint density at radius 2 is 1.50 bits per heavy atom. The first-order chi connectivity index (χ1) is 13.6. The van der Waals surface area contributed by atoms with E-state index in [0.29, 0.717) is 6.42 Å². The van der Waals surface area contributed by atoms with Crippen LogP contribution in [0.15, 0.2) is 84.9 Å². The summed E-state index contributed by atoms with van der Waals surface area (Å²) in [6, 6.07) is 27.4. The molecule has 1 atom stereocenters. The van der Waals surface area contributed by atoms with Crippen molar-refractivity contribution in [3.05, 3.63) is 96.1 Å². The number of ether oxygens (including phenoxy) is 2. The number of para-hydroxylation sites is 2. The van der Waals surface area contributed by atoms with Gasteiger partial charge in [-0.25, -0.2) is 4.79 Å². The van der Waals surface area contributed by atoms with Gasteiger partial charge in [-0.3, -0.25) is 4.90 Å². The van der Waals surface area contributed by atoms with Crippen molar-refractivity contribution in [1.82, 2.24) is 0 Å². The molecular formula is C24H25NO3. The van der Waals surface area contributed by atoms with E-state index in [2.05, 4.69) is 0 Å². The molecule has 0 bridgehead atoms. The number of hydrogen-bond acceptors (Lipinski definition) is 3. The summed E-state index contributed by atoms with van der Waals surface area (Å²) < 4.78 is 11.7. The molecule has 0 aliphatic carbocycles. The summed E-state index contributed by atoms with van der Waals surface area (Å²) in [5.74, 6) is 0.837. The molecule has 3 rings (SSSR count). The molecule has 4 heteroatoms. The normalized spacial score (nSPS) is 11.5. The van der Waals surface area contributed by atoms with Crippen LogP contribution in [-0.2, 0) is 4.74 Å². The van der Waals surface area contributed by atoms with Gasteiger partial charge in [0, 0.05) is 19.2 Å². The first kappa shape index (κ1) is 19.5. The number of carbonyl (C=O) groups is 1. The van der Waals surface area contributed by atoms with Crippen molar-refractivity contribution in [3.63, 3.8) is 0 Å². The van der Waals surface area contributed by atoms with E-state index < -0.39 is 0 Å². The summed E-state index contributed by atoms with van der Waals surface area (Å²) in [4.78, 5) is 13.8. The number of aryl methyl sites for hydroxylation is 1. The molecule has 0 saturated carbocycles. The molecule has 0 saturated heterocycles. The zero-order valence-corrected chi connectivity index (χ0v) is 16.2. The van der Waals surface area contributed by atoms with Gasteiger partial charge < -0.3 is 9.47 Å². The highest BCUT2D eigenvalue weighted by molar-refractivity contribution is 5.86.